The number of halogens is 1. The Labute approximate surface area is 103 Å². The van der Waals surface area contributed by atoms with E-state index in [0.29, 0.717) is 12.0 Å². The van der Waals surface area contributed by atoms with Crippen molar-refractivity contribution in [2.45, 2.75) is 25.8 Å². The minimum Gasteiger partial charge on any atom is -0.324 e. The highest BCUT2D eigenvalue weighted by molar-refractivity contribution is 9.10. The summed E-state index contributed by atoms with van der Waals surface area (Å²) >= 11 is 3.53. The summed E-state index contributed by atoms with van der Waals surface area (Å²) in [5, 5.41) is 3.18. The molecule has 0 aliphatic heterocycles. The molecule has 2 rings (SSSR count). The number of aliphatic imine (C=N–C) groups is 1. The van der Waals surface area contributed by atoms with Gasteiger partial charge in [-0.05, 0) is 47.3 Å². The number of nitrogens with one attached hydrogen (secondary N) is 2. The van der Waals surface area contributed by atoms with Crippen LogP contribution in [-0.4, -0.2) is 12.0 Å². The van der Waals surface area contributed by atoms with Crippen molar-refractivity contribution in [1.29, 1.82) is 0 Å². The second-order valence-electron chi connectivity index (χ2n) is 3.91. The molecule has 0 unspecified atom stereocenters. The van der Waals surface area contributed by atoms with E-state index in [-0.39, 0.29) is 0 Å². The molecule has 1 saturated carbocycles. The summed E-state index contributed by atoms with van der Waals surface area (Å²) in [6, 6.07) is 6.45. The maximum atomic E-state index is 5.43. The first kappa shape index (κ1) is 11.4. The summed E-state index contributed by atoms with van der Waals surface area (Å²) in [5.41, 5.74) is 4.73. The zero-order valence-electron chi connectivity index (χ0n) is 9.13. The fourth-order valence-electron chi connectivity index (χ4n) is 1.36. The lowest BCUT2D eigenvalue weighted by Crippen LogP contribution is -2.36. The highest BCUT2D eigenvalue weighted by Crippen LogP contribution is 2.27. The second kappa shape index (κ2) is 4.84. The lowest BCUT2D eigenvalue weighted by atomic mass is 10.2. The van der Waals surface area contributed by atoms with Crippen LogP contribution in [-0.2, 0) is 0 Å². The molecule has 0 atom stereocenters. The molecule has 0 saturated heterocycles. The van der Waals surface area contributed by atoms with Gasteiger partial charge in [-0.1, -0.05) is 12.1 Å². The molecule has 86 valence electrons. The van der Waals surface area contributed by atoms with Crippen LogP contribution < -0.4 is 16.6 Å². The lowest BCUT2D eigenvalue weighted by molar-refractivity contribution is 0.966. The monoisotopic (exact) mass is 282 g/mol. The van der Waals surface area contributed by atoms with Crippen molar-refractivity contribution in [1.82, 2.24) is 5.43 Å². The Kier molecular flexibility index (Phi) is 3.46. The van der Waals surface area contributed by atoms with Gasteiger partial charge >= 0.3 is 0 Å². The smallest absolute Gasteiger partial charge is 0.210 e. The molecule has 4 N–H and O–H groups in total. The van der Waals surface area contributed by atoms with Crippen molar-refractivity contribution in [3.63, 3.8) is 0 Å². The van der Waals surface area contributed by atoms with Crippen LogP contribution in [0.15, 0.2) is 27.7 Å². The van der Waals surface area contributed by atoms with Crippen LogP contribution in [0, 0.1) is 6.92 Å². The Balaban J connectivity index is 2.15. The first-order valence-electron chi connectivity index (χ1n) is 5.27. The first-order chi connectivity index (χ1) is 7.70. The van der Waals surface area contributed by atoms with Crippen LogP contribution in [0.1, 0.15) is 18.4 Å². The highest BCUT2D eigenvalue weighted by Gasteiger charge is 2.21. The number of guanidine groups is 1. The summed E-state index contributed by atoms with van der Waals surface area (Å²) in [5.74, 6) is 6.05. The Morgan fingerprint density at radius 3 is 2.88 bits per heavy atom. The number of hydrogen-bond donors (Lipinski definition) is 3. The third-order valence-electron chi connectivity index (χ3n) is 2.44. The van der Waals surface area contributed by atoms with Gasteiger partial charge in [0, 0.05) is 4.47 Å². The normalized spacial score (nSPS) is 16.1. The van der Waals surface area contributed by atoms with Gasteiger partial charge in [-0.2, -0.15) is 0 Å². The third kappa shape index (κ3) is 2.74. The maximum Gasteiger partial charge on any atom is 0.210 e. The van der Waals surface area contributed by atoms with Crippen LogP contribution in [0.3, 0.4) is 0 Å². The van der Waals surface area contributed by atoms with Gasteiger partial charge in [0.1, 0.15) is 0 Å². The van der Waals surface area contributed by atoms with Gasteiger partial charge in [0.25, 0.3) is 0 Å². The quantitative estimate of drug-likeness (QED) is 0.337. The molecule has 1 aromatic carbocycles. The fraction of sp³-hybridized carbons (Fsp3) is 0.364. The standard InChI is InChI=1S/C11H15BrN4/c1-7-3-2-4-9(10(7)12)15-11(16-13)14-8-5-6-8/h2-4,8H,5-6,13H2,1H3,(H2,14,15,16). The molecule has 1 aliphatic carbocycles. The topological polar surface area (TPSA) is 62.4 Å². The van der Waals surface area contributed by atoms with E-state index >= 15 is 0 Å². The van der Waals surface area contributed by atoms with Crippen molar-refractivity contribution in [2.24, 2.45) is 10.8 Å². The van der Waals surface area contributed by atoms with E-state index in [2.05, 4.69) is 31.7 Å². The number of aryl methyl sites for hydroxylation is 1. The van der Waals surface area contributed by atoms with E-state index < -0.39 is 0 Å². The van der Waals surface area contributed by atoms with Crippen molar-refractivity contribution in [2.75, 3.05) is 5.32 Å². The van der Waals surface area contributed by atoms with E-state index in [4.69, 9.17) is 5.84 Å². The molecular formula is C11H15BrN4. The van der Waals surface area contributed by atoms with E-state index in [9.17, 15) is 0 Å². The van der Waals surface area contributed by atoms with Gasteiger partial charge in [-0.25, -0.2) is 10.8 Å². The van der Waals surface area contributed by atoms with Gasteiger partial charge in [-0.3, -0.25) is 5.43 Å². The Hall–Kier alpha value is -1.07. The van der Waals surface area contributed by atoms with E-state index in [1.165, 1.54) is 5.56 Å². The first-order valence-corrected chi connectivity index (χ1v) is 6.06. The SMILES string of the molecule is Cc1cccc(NC(=NC2CC2)NN)c1Br. The summed E-state index contributed by atoms with van der Waals surface area (Å²) in [7, 11) is 0. The molecule has 0 spiro atoms. The van der Waals surface area contributed by atoms with E-state index in [0.717, 1.165) is 23.0 Å². The molecule has 0 radical (unpaired) electrons. The van der Waals surface area contributed by atoms with Gasteiger partial charge in [0.05, 0.1) is 11.7 Å². The summed E-state index contributed by atoms with van der Waals surface area (Å²) in [6.45, 7) is 2.04. The minimum absolute atomic E-state index is 0.433. The molecule has 0 heterocycles. The van der Waals surface area contributed by atoms with Gasteiger partial charge in [0.15, 0.2) is 0 Å². The number of nitrogens with zero attached hydrogens (tertiary/aromatic N) is 1. The molecule has 1 aromatic rings. The largest absolute Gasteiger partial charge is 0.324 e. The molecule has 0 bridgehead atoms. The molecule has 5 heteroatoms. The summed E-state index contributed by atoms with van der Waals surface area (Å²) in [4.78, 5) is 4.42. The zero-order valence-corrected chi connectivity index (χ0v) is 10.7. The molecule has 0 aromatic heterocycles. The zero-order chi connectivity index (χ0) is 11.5. The predicted octanol–water partition coefficient (Wildman–Crippen LogP) is 2.15. The maximum absolute atomic E-state index is 5.43. The van der Waals surface area contributed by atoms with Crippen LogP contribution in [0.5, 0.6) is 0 Å². The molecule has 4 nitrogen and oxygen atoms in total. The second-order valence-corrected chi connectivity index (χ2v) is 4.71. The predicted molar refractivity (Wildman–Crippen MR) is 70.3 cm³/mol. The number of hydrazine groups is 1. The average Bonchev–Trinajstić information content (AvgIpc) is 3.07. The summed E-state index contributed by atoms with van der Waals surface area (Å²) < 4.78 is 1.04. The van der Waals surface area contributed by atoms with Gasteiger partial charge < -0.3 is 5.32 Å². The van der Waals surface area contributed by atoms with Crippen LogP contribution in [0.25, 0.3) is 0 Å². The Morgan fingerprint density at radius 2 is 2.25 bits per heavy atom. The van der Waals surface area contributed by atoms with E-state index in [1.54, 1.807) is 0 Å². The van der Waals surface area contributed by atoms with E-state index in [1.807, 2.05) is 25.1 Å². The molecule has 0 amide bonds. The van der Waals surface area contributed by atoms with Gasteiger partial charge in [-0.15, -0.1) is 0 Å². The number of anilines is 1. The number of benzene rings is 1. The average molecular weight is 283 g/mol. The Bertz CT molecular complexity index is 412. The van der Waals surface area contributed by atoms with Crippen molar-refractivity contribution in [3.8, 4) is 0 Å². The Morgan fingerprint density at radius 1 is 1.50 bits per heavy atom. The molecular weight excluding hydrogens is 268 g/mol. The molecule has 16 heavy (non-hydrogen) atoms. The van der Waals surface area contributed by atoms with Crippen molar-refractivity contribution in [3.05, 3.63) is 28.2 Å². The minimum atomic E-state index is 0.433. The molecule has 1 fully saturated rings. The van der Waals surface area contributed by atoms with Crippen LogP contribution >= 0.6 is 15.9 Å². The number of hydrogen-bond acceptors (Lipinski definition) is 2. The van der Waals surface area contributed by atoms with Crippen LogP contribution in [0.4, 0.5) is 5.69 Å². The number of rotatable bonds is 2. The third-order valence-corrected chi connectivity index (χ3v) is 3.49. The van der Waals surface area contributed by atoms with Gasteiger partial charge in [0.2, 0.25) is 5.96 Å². The lowest BCUT2D eigenvalue weighted by Gasteiger charge is -2.11. The van der Waals surface area contributed by atoms with Crippen molar-refractivity contribution >= 4 is 27.6 Å². The number of nitrogens with two attached hydrogens (primary N) is 1. The molecule has 1 aliphatic rings. The highest BCUT2D eigenvalue weighted by atomic mass is 79.9. The summed E-state index contributed by atoms with van der Waals surface area (Å²) in [6.07, 6.45) is 2.31. The van der Waals surface area contributed by atoms with Crippen LogP contribution in [0.2, 0.25) is 0 Å². The van der Waals surface area contributed by atoms with Crippen molar-refractivity contribution < 1.29 is 0 Å². The fourth-order valence-corrected chi connectivity index (χ4v) is 1.73.